The van der Waals surface area contributed by atoms with Gasteiger partial charge in [-0.25, -0.2) is 4.79 Å². The first-order valence-corrected chi connectivity index (χ1v) is 9.62. The zero-order valence-corrected chi connectivity index (χ0v) is 16.8. The Kier molecular flexibility index (Phi) is 4.19. The first kappa shape index (κ1) is 19.1. The van der Waals surface area contributed by atoms with Crippen LogP contribution in [0.1, 0.15) is 17.6 Å². The molecule has 0 spiro atoms. The molecule has 4 heterocycles. The molecule has 158 valence electrons. The van der Waals surface area contributed by atoms with Crippen LogP contribution in [0.2, 0.25) is 0 Å². The molecule has 10 heteroatoms. The monoisotopic (exact) mass is 422 g/mol. The molecular weight excluding hydrogens is 404 g/mol. The van der Waals surface area contributed by atoms with Crippen molar-refractivity contribution in [1.29, 1.82) is 0 Å². The number of hydrogen-bond acceptors (Lipinski definition) is 6. The van der Waals surface area contributed by atoms with Crippen molar-refractivity contribution in [3.63, 3.8) is 0 Å². The maximum Gasteiger partial charge on any atom is 0.331 e. The van der Waals surface area contributed by atoms with Crippen LogP contribution in [0.5, 0.6) is 0 Å². The highest BCUT2D eigenvalue weighted by molar-refractivity contribution is 5.96. The van der Waals surface area contributed by atoms with Crippen molar-refractivity contribution in [2.75, 3.05) is 6.61 Å². The average molecular weight is 422 g/mol. The van der Waals surface area contributed by atoms with E-state index in [-0.39, 0.29) is 5.69 Å². The summed E-state index contributed by atoms with van der Waals surface area (Å²) in [5.74, 6) is 0.541. The van der Waals surface area contributed by atoms with E-state index in [0.717, 1.165) is 4.57 Å². The maximum atomic E-state index is 13.3. The highest BCUT2D eigenvalue weighted by Gasteiger charge is 2.34. The molecule has 0 unspecified atom stereocenters. The number of ether oxygens (including phenoxy) is 1. The van der Waals surface area contributed by atoms with Crippen LogP contribution in [0.4, 0.5) is 5.69 Å². The number of benzene rings is 1. The topological polar surface area (TPSA) is 114 Å². The summed E-state index contributed by atoms with van der Waals surface area (Å²) in [7, 11) is 3.01. The molecular formula is C21H18N4O6. The van der Waals surface area contributed by atoms with E-state index < -0.39 is 22.3 Å². The van der Waals surface area contributed by atoms with Crippen molar-refractivity contribution in [1.82, 2.24) is 13.7 Å². The number of hydrogen-bond donors (Lipinski definition) is 0. The van der Waals surface area contributed by atoms with Crippen LogP contribution in [0, 0.1) is 10.1 Å². The van der Waals surface area contributed by atoms with E-state index >= 15 is 0 Å². The molecule has 0 saturated carbocycles. The standard InChI is InChI=1S/C21H18N4O6/c1-22-17-15(20(26)23(2)21(22)27)16(12-5-3-6-13(11-12)25(28)29)24-8-10-31-19(18(17)24)14-7-4-9-30-14/h3-7,9,11,19H,8,10H2,1-2H3/t19-/m0/s1. The predicted octanol–water partition coefficient (Wildman–Crippen LogP) is 2.33. The average Bonchev–Trinajstić information content (AvgIpc) is 3.42. The van der Waals surface area contributed by atoms with Crippen molar-refractivity contribution in [2.24, 2.45) is 14.1 Å². The highest BCUT2D eigenvalue weighted by Crippen LogP contribution is 2.41. The molecule has 1 aliphatic rings. The summed E-state index contributed by atoms with van der Waals surface area (Å²) in [5.41, 5.74) is 1.04. The summed E-state index contributed by atoms with van der Waals surface area (Å²) in [6.45, 7) is 0.756. The number of non-ortho nitro benzene ring substituents is 1. The number of nitro groups is 1. The predicted molar refractivity (Wildman–Crippen MR) is 111 cm³/mol. The minimum Gasteiger partial charge on any atom is -0.466 e. The van der Waals surface area contributed by atoms with Crippen molar-refractivity contribution in [2.45, 2.75) is 12.6 Å². The van der Waals surface area contributed by atoms with E-state index in [0.29, 0.717) is 46.8 Å². The van der Waals surface area contributed by atoms with Gasteiger partial charge in [0.2, 0.25) is 0 Å². The fraction of sp³-hybridized carbons (Fsp3) is 0.238. The zero-order valence-electron chi connectivity index (χ0n) is 16.8. The van der Waals surface area contributed by atoms with Crippen LogP contribution in [-0.4, -0.2) is 25.2 Å². The molecule has 3 aromatic heterocycles. The number of aromatic nitrogens is 3. The Bertz CT molecular complexity index is 1460. The Balaban J connectivity index is 1.96. The Morgan fingerprint density at radius 3 is 2.65 bits per heavy atom. The molecule has 5 rings (SSSR count). The van der Waals surface area contributed by atoms with Crippen LogP contribution in [-0.2, 0) is 25.4 Å². The molecule has 1 atom stereocenters. The number of fused-ring (bicyclic) bond motifs is 3. The minimum atomic E-state index is -0.628. The highest BCUT2D eigenvalue weighted by atomic mass is 16.6. The van der Waals surface area contributed by atoms with Gasteiger partial charge in [-0.1, -0.05) is 12.1 Å². The number of aryl methyl sites for hydroxylation is 1. The van der Waals surface area contributed by atoms with Gasteiger partial charge in [0.05, 0.1) is 40.1 Å². The van der Waals surface area contributed by atoms with E-state index in [4.69, 9.17) is 9.15 Å². The van der Waals surface area contributed by atoms with Gasteiger partial charge >= 0.3 is 5.69 Å². The van der Waals surface area contributed by atoms with Crippen LogP contribution in [0.15, 0.2) is 56.7 Å². The number of nitrogens with zero attached hydrogens (tertiary/aromatic N) is 4. The molecule has 0 aliphatic carbocycles. The largest absolute Gasteiger partial charge is 0.466 e. The maximum absolute atomic E-state index is 13.3. The smallest absolute Gasteiger partial charge is 0.331 e. The van der Waals surface area contributed by atoms with E-state index in [9.17, 15) is 19.7 Å². The van der Waals surface area contributed by atoms with Gasteiger partial charge in [0, 0.05) is 38.3 Å². The molecule has 0 N–H and O–H groups in total. The van der Waals surface area contributed by atoms with Crippen molar-refractivity contribution in [3.05, 3.63) is 85.1 Å². The van der Waals surface area contributed by atoms with Crippen LogP contribution >= 0.6 is 0 Å². The molecule has 10 nitrogen and oxygen atoms in total. The third-order valence-electron chi connectivity index (χ3n) is 5.68. The molecule has 0 saturated heterocycles. The lowest BCUT2D eigenvalue weighted by molar-refractivity contribution is -0.384. The van der Waals surface area contributed by atoms with E-state index in [1.165, 1.54) is 30.0 Å². The summed E-state index contributed by atoms with van der Waals surface area (Å²) >= 11 is 0. The number of furan rings is 1. The third-order valence-corrected chi connectivity index (χ3v) is 5.68. The van der Waals surface area contributed by atoms with E-state index in [2.05, 4.69) is 0 Å². The van der Waals surface area contributed by atoms with E-state index in [1.54, 1.807) is 31.3 Å². The first-order chi connectivity index (χ1) is 14.9. The summed E-state index contributed by atoms with van der Waals surface area (Å²) in [6.07, 6.45) is 0.902. The molecule has 0 amide bonds. The lowest BCUT2D eigenvalue weighted by Gasteiger charge is -2.26. The Hall–Kier alpha value is -3.92. The lowest BCUT2D eigenvalue weighted by Crippen LogP contribution is -2.37. The van der Waals surface area contributed by atoms with Gasteiger partial charge in [-0.3, -0.25) is 24.0 Å². The summed E-state index contributed by atoms with van der Waals surface area (Å²) in [6, 6.07) is 9.64. The minimum absolute atomic E-state index is 0.0857. The van der Waals surface area contributed by atoms with Crippen molar-refractivity contribution >= 4 is 16.6 Å². The fourth-order valence-electron chi connectivity index (χ4n) is 4.30. The van der Waals surface area contributed by atoms with Gasteiger partial charge < -0.3 is 13.7 Å². The molecule has 0 radical (unpaired) electrons. The molecule has 4 aromatic rings. The second kappa shape index (κ2) is 6.81. The third kappa shape index (κ3) is 2.68. The van der Waals surface area contributed by atoms with Gasteiger partial charge in [-0.2, -0.15) is 0 Å². The van der Waals surface area contributed by atoms with Crippen LogP contribution in [0.25, 0.3) is 22.2 Å². The van der Waals surface area contributed by atoms with Crippen molar-refractivity contribution in [3.8, 4) is 11.3 Å². The molecule has 1 aromatic carbocycles. The van der Waals surface area contributed by atoms with Gasteiger partial charge in [0.15, 0.2) is 6.10 Å². The second-order valence-corrected chi connectivity index (χ2v) is 7.39. The quantitative estimate of drug-likeness (QED) is 0.370. The van der Waals surface area contributed by atoms with Crippen molar-refractivity contribution < 1.29 is 14.1 Å². The van der Waals surface area contributed by atoms with Gasteiger partial charge in [0.25, 0.3) is 11.2 Å². The van der Waals surface area contributed by atoms with Crippen LogP contribution in [0.3, 0.4) is 0 Å². The van der Waals surface area contributed by atoms with Gasteiger partial charge in [0.1, 0.15) is 5.76 Å². The zero-order chi connectivity index (χ0) is 21.9. The molecule has 0 fully saturated rings. The van der Waals surface area contributed by atoms with E-state index in [1.807, 2.05) is 4.57 Å². The number of nitro benzene ring substituents is 1. The van der Waals surface area contributed by atoms with Gasteiger partial charge in [-0.05, 0) is 12.1 Å². The molecule has 1 aliphatic heterocycles. The SMILES string of the molecule is Cn1c(=O)c2c(-c3cccc([N+](=O)[O-])c3)n3c(c2n(C)c1=O)[C@H](c1ccco1)OCC3. The second-order valence-electron chi connectivity index (χ2n) is 7.39. The van der Waals surface area contributed by atoms with Crippen LogP contribution < -0.4 is 11.2 Å². The summed E-state index contributed by atoms with van der Waals surface area (Å²) in [4.78, 5) is 36.9. The fourth-order valence-corrected chi connectivity index (χ4v) is 4.30. The number of rotatable bonds is 3. The lowest BCUT2D eigenvalue weighted by atomic mass is 10.1. The Morgan fingerprint density at radius 1 is 1.13 bits per heavy atom. The Labute approximate surface area is 174 Å². The summed E-state index contributed by atoms with van der Waals surface area (Å²) < 4.78 is 15.9. The Morgan fingerprint density at radius 2 is 1.94 bits per heavy atom. The molecule has 31 heavy (non-hydrogen) atoms. The molecule has 0 bridgehead atoms. The summed E-state index contributed by atoms with van der Waals surface area (Å²) in [5, 5.41) is 11.7. The van der Waals surface area contributed by atoms with Gasteiger partial charge in [-0.15, -0.1) is 0 Å². The first-order valence-electron chi connectivity index (χ1n) is 9.62. The normalized spacial score (nSPS) is 15.9.